The highest BCUT2D eigenvalue weighted by molar-refractivity contribution is 5.48. The molecule has 1 rings (SSSR count). The molecule has 0 saturated carbocycles. The first-order valence-electron chi connectivity index (χ1n) is 5.38. The maximum absolute atomic E-state index is 2.45. The fraction of sp³-hybridized carbons (Fsp3) is 0.538. The van der Waals surface area contributed by atoms with Gasteiger partial charge in [0.15, 0.2) is 0 Å². The van der Waals surface area contributed by atoms with Crippen LogP contribution in [0.2, 0.25) is 0 Å². The van der Waals surface area contributed by atoms with E-state index in [-0.39, 0.29) is 5.54 Å². The Balaban J connectivity index is 2.89. The van der Waals surface area contributed by atoms with Crippen LogP contribution < -0.4 is 4.90 Å². The van der Waals surface area contributed by atoms with Gasteiger partial charge in [-0.05, 0) is 39.3 Å². The smallest absolute Gasteiger partial charge is 0.0370 e. The summed E-state index contributed by atoms with van der Waals surface area (Å²) >= 11 is 0. The summed E-state index contributed by atoms with van der Waals surface area (Å²) in [6, 6.07) is 10.6. The number of benzene rings is 1. The van der Waals surface area contributed by atoms with E-state index in [1.165, 1.54) is 12.1 Å². The van der Waals surface area contributed by atoms with E-state index < -0.39 is 0 Å². The molecular formula is C13H21N. The normalized spacial score (nSPS) is 11.4. The van der Waals surface area contributed by atoms with Gasteiger partial charge in [0.25, 0.3) is 0 Å². The fourth-order valence-electron chi connectivity index (χ4n) is 1.68. The summed E-state index contributed by atoms with van der Waals surface area (Å²) in [5.74, 6) is 0. The molecule has 0 aliphatic heterocycles. The summed E-state index contributed by atoms with van der Waals surface area (Å²) in [6.07, 6.45) is 1.19. The fourth-order valence-corrected chi connectivity index (χ4v) is 1.68. The van der Waals surface area contributed by atoms with Crippen LogP contribution in [0.1, 0.15) is 34.1 Å². The summed E-state index contributed by atoms with van der Waals surface area (Å²) in [4.78, 5) is 2.45. The maximum atomic E-state index is 2.45. The summed E-state index contributed by atoms with van der Waals surface area (Å²) < 4.78 is 0. The summed E-state index contributed by atoms with van der Waals surface area (Å²) in [5, 5.41) is 0. The molecule has 0 aliphatic rings. The van der Waals surface area contributed by atoms with Crippen LogP contribution in [-0.4, -0.2) is 12.1 Å². The van der Waals surface area contributed by atoms with Crippen LogP contribution in [0.5, 0.6) is 0 Å². The Morgan fingerprint density at radius 1 is 1.07 bits per heavy atom. The Morgan fingerprint density at radius 3 is 2.07 bits per heavy atom. The monoisotopic (exact) mass is 191 g/mol. The van der Waals surface area contributed by atoms with E-state index in [4.69, 9.17) is 0 Å². The predicted octanol–water partition coefficient (Wildman–Crippen LogP) is 3.70. The first-order chi connectivity index (χ1) is 6.55. The maximum Gasteiger partial charge on any atom is 0.0370 e. The van der Waals surface area contributed by atoms with E-state index >= 15 is 0 Å². The Kier molecular flexibility index (Phi) is 3.56. The first-order valence-corrected chi connectivity index (χ1v) is 5.38. The van der Waals surface area contributed by atoms with Crippen LogP contribution in [0.15, 0.2) is 30.3 Å². The van der Waals surface area contributed by atoms with Gasteiger partial charge in [0, 0.05) is 17.8 Å². The molecule has 1 aromatic rings. The molecule has 0 amide bonds. The lowest BCUT2D eigenvalue weighted by molar-refractivity contribution is 0.501. The first kappa shape index (κ1) is 11.1. The highest BCUT2D eigenvalue weighted by atomic mass is 15.2. The minimum Gasteiger partial charge on any atom is -0.367 e. The summed E-state index contributed by atoms with van der Waals surface area (Å²) in [6.45, 7) is 10.1. The van der Waals surface area contributed by atoms with Crippen molar-refractivity contribution >= 4 is 5.69 Å². The van der Waals surface area contributed by atoms with Gasteiger partial charge < -0.3 is 4.90 Å². The van der Waals surface area contributed by atoms with Crippen molar-refractivity contribution in [3.63, 3.8) is 0 Å². The van der Waals surface area contributed by atoms with Gasteiger partial charge in [-0.25, -0.2) is 0 Å². The number of para-hydroxylation sites is 1. The number of rotatable bonds is 3. The third-order valence-electron chi connectivity index (χ3n) is 2.32. The zero-order chi connectivity index (χ0) is 10.6. The van der Waals surface area contributed by atoms with Crippen molar-refractivity contribution in [1.29, 1.82) is 0 Å². The van der Waals surface area contributed by atoms with Gasteiger partial charge in [0.1, 0.15) is 0 Å². The molecule has 1 aromatic carbocycles. The second-order valence-electron chi connectivity index (χ2n) is 4.66. The lowest BCUT2D eigenvalue weighted by Crippen LogP contribution is -2.41. The van der Waals surface area contributed by atoms with Crippen LogP contribution in [0.4, 0.5) is 5.69 Å². The molecule has 0 saturated heterocycles. The van der Waals surface area contributed by atoms with Gasteiger partial charge in [-0.1, -0.05) is 25.1 Å². The Bertz CT molecular complexity index is 258. The van der Waals surface area contributed by atoms with Crippen LogP contribution in [0.3, 0.4) is 0 Å². The van der Waals surface area contributed by atoms with E-state index in [9.17, 15) is 0 Å². The molecule has 0 bridgehead atoms. The second-order valence-corrected chi connectivity index (χ2v) is 4.66. The molecule has 0 spiro atoms. The van der Waals surface area contributed by atoms with Crippen molar-refractivity contribution in [3.8, 4) is 0 Å². The molecule has 0 N–H and O–H groups in total. The third-order valence-corrected chi connectivity index (χ3v) is 2.32. The van der Waals surface area contributed by atoms with Crippen molar-refractivity contribution in [3.05, 3.63) is 30.3 Å². The number of hydrogen-bond acceptors (Lipinski definition) is 1. The van der Waals surface area contributed by atoms with Gasteiger partial charge in [-0.2, -0.15) is 0 Å². The second kappa shape index (κ2) is 4.50. The van der Waals surface area contributed by atoms with Crippen molar-refractivity contribution in [2.45, 2.75) is 39.7 Å². The minimum atomic E-state index is 0.206. The van der Waals surface area contributed by atoms with E-state index in [0.29, 0.717) is 0 Å². The zero-order valence-electron chi connectivity index (χ0n) is 9.75. The Hall–Kier alpha value is -0.980. The molecule has 78 valence electrons. The van der Waals surface area contributed by atoms with E-state index in [2.05, 4.69) is 62.9 Å². The van der Waals surface area contributed by atoms with Crippen LogP contribution >= 0.6 is 0 Å². The highest BCUT2D eigenvalue weighted by Crippen LogP contribution is 2.23. The standard InChI is InChI=1S/C13H21N/c1-5-11-14(13(2,3)4)12-9-7-6-8-10-12/h6-10H,5,11H2,1-4H3. The molecule has 0 fully saturated rings. The predicted molar refractivity (Wildman–Crippen MR) is 63.8 cm³/mol. The lowest BCUT2D eigenvalue weighted by atomic mass is 10.0. The largest absolute Gasteiger partial charge is 0.367 e. The van der Waals surface area contributed by atoms with Crippen LogP contribution in [0, 0.1) is 0 Å². The van der Waals surface area contributed by atoms with Crippen molar-refractivity contribution < 1.29 is 0 Å². The summed E-state index contributed by atoms with van der Waals surface area (Å²) in [5.41, 5.74) is 1.53. The van der Waals surface area contributed by atoms with Gasteiger partial charge in [-0.3, -0.25) is 0 Å². The van der Waals surface area contributed by atoms with Gasteiger partial charge in [0.05, 0.1) is 0 Å². The van der Waals surface area contributed by atoms with Crippen LogP contribution in [-0.2, 0) is 0 Å². The molecular weight excluding hydrogens is 170 g/mol. The van der Waals surface area contributed by atoms with Crippen molar-refractivity contribution in [2.24, 2.45) is 0 Å². The summed E-state index contributed by atoms with van der Waals surface area (Å²) in [7, 11) is 0. The number of hydrogen-bond donors (Lipinski definition) is 0. The van der Waals surface area contributed by atoms with Gasteiger partial charge in [0.2, 0.25) is 0 Å². The highest BCUT2D eigenvalue weighted by Gasteiger charge is 2.20. The van der Waals surface area contributed by atoms with Crippen molar-refractivity contribution in [1.82, 2.24) is 0 Å². The molecule has 1 nitrogen and oxygen atoms in total. The molecule has 0 aromatic heterocycles. The molecule has 0 radical (unpaired) electrons. The third kappa shape index (κ3) is 2.76. The van der Waals surface area contributed by atoms with Crippen molar-refractivity contribution in [2.75, 3.05) is 11.4 Å². The number of anilines is 1. The average molecular weight is 191 g/mol. The molecule has 14 heavy (non-hydrogen) atoms. The molecule has 0 heterocycles. The lowest BCUT2D eigenvalue weighted by Gasteiger charge is -2.37. The molecule has 0 atom stereocenters. The van der Waals surface area contributed by atoms with E-state index in [1.807, 2.05) is 0 Å². The molecule has 1 heteroatoms. The van der Waals surface area contributed by atoms with E-state index in [1.54, 1.807) is 0 Å². The average Bonchev–Trinajstić information content (AvgIpc) is 2.14. The van der Waals surface area contributed by atoms with E-state index in [0.717, 1.165) is 6.54 Å². The number of nitrogens with zero attached hydrogens (tertiary/aromatic N) is 1. The zero-order valence-corrected chi connectivity index (χ0v) is 9.75. The molecule has 0 unspecified atom stereocenters. The Labute approximate surface area is 87.7 Å². The topological polar surface area (TPSA) is 3.24 Å². The van der Waals surface area contributed by atoms with Gasteiger partial charge >= 0.3 is 0 Å². The quantitative estimate of drug-likeness (QED) is 0.704. The van der Waals surface area contributed by atoms with Gasteiger partial charge in [-0.15, -0.1) is 0 Å². The minimum absolute atomic E-state index is 0.206. The SMILES string of the molecule is CCCN(c1ccccc1)C(C)(C)C. The molecule has 0 aliphatic carbocycles. The Morgan fingerprint density at radius 2 is 1.64 bits per heavy atom. The van der Waals surface area contributed by atoms with Crippen LogP contribution in [0.25, 0.3) is 0 Å².